The van der Waals surface area contributed by atoms with Crippen LogP contribution in [0.1, 0.15) is 20.1 Å². The van der Waals surface area contributed by atoms with Crippen molar-refractivity contribution in [1.82, 2.24) is 0 Å². The molecule has 0 aromatic carbocycles. The van der Waals surface area contributed by atoms with Crippen molar-refractivity contribution >= 4 is 50.2 Å². The van der Waals surface area contributed by atoms with E-state index >= 15 is 0 Å². The van der Waals surface area contributed by atoms with Gasteiger partial charge in [-0.2, -0.15) is 0 Å². The van der Waals surface area contributed by atoms with Gasteiger partial charge in [0.25, 0.3) is 0 Å². The molecule has 0 nitrogen and oxygen atoms in total. The number of aryl methyl sites for hydroxylation is 1. The Balaban J connectivity index is 2.32. The van der Waals surface area contributed by atoms with E-state index in [1.807, 2.05) is 6.92 Å². The average Bonchev–Trinajstić information content (AvgIpc) is 2.76. The average molecular weight is 308 g/mol. The Morgan fingerprint density at radius 1 is 1.43 bits per heavy atom. The smallest absolute Gasteiger partial charge is 0.0960 e. The maximum atomic E-state index is 6.04. The first kappa shape index (κ1) is 10.7. The predicted molar refractivity (Wildman–Crippen MR) is 69.2 cm³/mol. The van der Waals surface area contributed by atoms with Crippen molar-refractivity contribution in [2.24, 2.45) is 0 Å². The van der Waals surface area contributed by atoms with Gasteiger partial charge in [-0.05, 0) is 30.0 Å². The highest BCUT2D eigenvalue weighted by Crippen LogP contribution is 2.40. The van der Waals surface area contributed by atoms with Gasteiger partial charge >= 0.3 is 0 Å². The Bertz CT molecular complexity index is 400. The van der Waals surface area contributed by atoms with Gasteiger partial charge in [-0.15, -0.1) is 22.7 Å². The van der Waals surface area contributed by atoms with Crippen LogP contribution in [0.2, 0.25) is 4.34 Å². The van der Waals surface area contributed by atoms with E-state index in [0.29, 0.717) is 4.83 Å². The summed E-state index contributed by atoms with van der Waals surface area (Å²) in [5.41, 5.74) is 1.16. The van der Waals surface area contributed by atoms with Crippen molar-refractivity contribution < 1.29 is 0 Å². The van der Waals surface area contributed by atoms with E-state index in [2.05, 4.69) is 39.5 Å². The van der Waals surface area contributed by atoms with Gasteiger partial charge < -0.3 is 0 Å². The van der Waals surface area contributed by atoms with Crippen molar-refractivity contribution in [3.63, 3.8) is 0 Å². The van der Waals surface area contributed by atoms with Crippen molar-refractivity contribution in [3.8, 4) is 0 Å². The van der Waals surface area contributed by atoms with Crippen molar-refractivity contribution in [3.05, 3.63) is 43.2 Å². The van der Waals surface area contributed by atoms with Crippen molar-refractivity contribution in [2.75, 3.05) is 0 Å². The molecule has 0 bridgehead atoms. The van der Waals surface area contributed by atoms with Crippen LogP contribution in [0, 0.1) is 6.92 Å². The number of alkyl halides is 1. The summed E-state index contributed by atoms with van der Waals surface area (Å²) in [4.78, 5) is 2.89. The first-order valence-corrected chi connectivity index (χ1v) is 7.11. The van der Waals surface area contributed by atoms with Crippen molar-refractivity contribution in [2.45, 2.75) is 11.8 Å². The quantitative estimate of drug-likeness (QED) is 0.664. The minimum absolute atomic E-state index is 0.290. The molecule has 0 radical (unpaired) electrons. The molecule has 0 fully saturated rings. The molecule has 0 aliphatic heterocycles. The topological polar surface area (TPSA) is 0 Å². The molecule has 0 N–H and O–H groups in total. The summed E-state index contributed by atoms with van der Waals surface area (Å²) in [6, 6.07) is 6.34. The van der Waals surface area contributed by atoms with Crippen LogP contribution in [-0.4, -0.2) is 0 Å². The molecule has 14 heavy (non-hydrogen) atoms. The highest BCUT2D eigenvalue weighted by molar-refractivity contribution is 9.09. The molecular weight excluding hydrogens is 300 g/mol. The zero-order valence-corrected chi connectivity index (χ0v) is 11.4. The van der Waals surface area contributed by atoms with Gasteiger partial charge in [-0.3, -0.25) is 0 Å². The minimum atomic E-state index is 0.290. The lowest BCUT2D eigenvalue weighted by Crippen LogP contribution is -1.83. The predicted octanol–water partition coefficient (Wildman–Crippen LogP) is 5.26. The van der Waals surface area contributed by atoms with Gasteiger partial charge in [0.05, 0.1) is 9.16 Å². The van der Waals surface area contributed by atoms with E-state index in [-0.39, 0.29) is 0 Å². The summed E-state index contributed by atoms with van der Waals surface area (Å²) in [7, 11) is 0. The Morgan fingerprint density at radius 3 is 2.71 bits per heavy atom. The third-order valence-corrected chi connectivity index (χ3v) is 6.07. The van der Waals surface area contributed by atoms with Crippen LogP contribution in [-0.2, 0) is 0 Å². The van der Waals surface area contributed by atoms with Gasteiger partial charge in [0.1, 0.15) is 0 Å². The van der Waals surface area contributed by atoms with Crippen LogP contribution in [0.25, 0.3) is 0 Å². The lowest BCUT2D eigenvalue weighted by Gasteiger charge is -2.02. The highest BCUT2D eigenvalue weighted by Gasteiger charge is 2.14. The van der Waals surface area contributed by atoms with E-state index in [4.69, 9.17) is 11.6 Å². The van der Waals surface area contributed by atoms with E-state index in [9.17, 15) is 0 Å². The van der Waals surface area contributed by atoms with Crippen LogP contribution in [0.3, 0.4) is 0 Å². The Kier molecular flexibility index (Phi) is 3.32. The Labute approximate surface area is 105 Å². The molecule has 74 valence electrons. The molecule has 0 saturated heterocycles. The van der Waals surface area contributed by atoms with Crippen LogP contribution >= 0.6 is 50.2 Å². The zero-order valence-electron chi connectivity index (χ0n) is 7.46. The number of rotatable bonds is 2. The lowest BCUT2D eigenvalue weighted by atomic mass is 10.2. The maximum Gasteiger partial charge on any atom is 0.0960 e. The molecule has 2 heterocycles. The van der Waals surface area contributed by atoms with E-state index in [1.54, 1.807) is 22.7 Å². The summed E-state index contributed by atoms with van der Waals surface area (Å²) >= 11 is 13.1. The number of halogens is 2. The second kappa shape index (κ2) is 4.35. The largest absolute Gasteiger partial charge is 0.147 e. The fourth-order valence-electron chi connectivity index (χ4n) is 1.18. The molecular formula is C10H8BrClS2. The summed E-state index contributed by atoms with van der Waals surface area (Å²) in [5.74, 6) is 0. The SMILES string of the molecule is Cc1cc(C(Br)c2cccs2)sc1Cl. The monoisotopic (exact) mass is 306 g/mol. The third kappa shape index (κ3) is 2.06. The fourth-order valence-corrected chi connectivity index (χ4v) is 4.08. The summed E-state index contributed by atoms with van der Waals surface area (Å²) in [6.45, 7) is 2.04. The van der Waals surface area contributed by atoms with Gasteiger partial charge in [0.2, 0.25) is 0 Å². The third-order valence-electron chi connectivity index (χ3n) is 1.92. The van der Waals surface area contributed by atoms with Crippen LogP contribution < -0.4 is 0 Å². The molecule has 2 aromatic rings. The first-order chi connectivity index (χ1) is 6.68. The van der Waals surface area contributed by atoms with Crippen molar-refractivity contribution in [1.29, 1.82) is 0 Å². The van der Waals surface area contributed by atoms with E-state index < -0.39 is 0 Å². The van der Waals surface area contributed by atoms with E-state index in [0.717, 1.165) is 9.90 Å². The zero-order chi connectivity index (χ0) is 10.1. The van der Waals surface area contributed by atoms with Gasteiger partial charge in [0, 0.05) is 9.75 Å². The molecule has 1 unspecified atom stereocenters. The molecule has 0 spiro atoms. The molecule has 0 aliphatic rings. The van der Waals surface area contributed by atoms with Crippen LogP contribution in [0.4, 0.5) is 0 Å². The van der Waals surface area contributed by atoms with Gasteiger partial charge in [-0.1, -0.05) is 33.6 Å². The van der Waals surface area contributed by atoms with Crippen LogP contribution in [0.5, 0.6) is 0 Å². The Hall–Kier alpha value is 0.170. The number of thiophene rings is 2. The molecule has 0 amide bonds. The molecule has 1 atom stereocenters. The summed E-state index contributed by atoms with van der Waals surface area (Å²) in [6.07, 6.45) is 0. The Morgan fingerprint density at radius 2 is 2.21 bits per heavy atom. The van der Waals surface area contributed by atoms with E-state index in [1.165, 1.54) is 9.75 Å². The normalized spacial score (nSPS) is 13.1. The lowest BCUT2D eigenvalue weighted by molar-refractivity contribution is 1.28. The fraction of sp³-hybridized carbons (Fsp3) is 0.200. The van der Waals surface area contributed by atoms with Crippen LogP contribution in [0.15, 0.2) is 23.6 Å². The number of hydrogen-bond acceptors (Lipinski definition) is 2. The molecule has 0 saturated carbocycles. The minimum Gasteiger partial charge on any atom is -0.147 e. The molecule has 2 rings (SSSR count). The first-order valence-electron chi connectivity index (χ1n) is 4.12. The highest BCUT2D eigenvalue weighted by atomic mass is 79.9. The van der Waals surface area contributed by atoms with Gasteiger partial charge in [0.15, 0.2) is 0 Å². The molecule has 2 aromatic heterocycles. The van der Waals surface area contributed by atoms with Gasteiger partial charge in [-0.25, -0.2) is 0 Å². The second-order valence-electron chi connectivity index (χ2n) is 2.98. The standard InChI is InChI=1S/C10H8BrClS2/c1-6-5-8(14-10(6)12)9(11)7-3-2-4-13-7/h2-5,9H,1H3. The number of hydrogen-bond donors (Lipinski definition) is 0. The second-order valence-corrected chi connectivity index (χ2v) is 6.56. The summed E-state index contributed by atoms with van der Waals surface area (Å²) < 4.78 is 0.890. The maximum absolute atomic E-state index is 6.04. The molecule has 0 aliphatic carbocycles. The summed E-state index contributed by atoms with van der Waals surface area (Å²) in [5, 5.41) is 2.09. The molecule has 4 heteroatoms.